The summed E-state index contributed by atoms with van der Waals surface area (Å²) in [6.45, 7) is 11.5. The molecule has 2 heterocycles. The van der Waals surface area contributed by atoms with Crippen LogP contribution < -0.4 is 0 Å². The van der Waals surface area contributed by atoms with Gasteiger partial charge in [0.15, 0.2) is 35.6 Å². The van der Waals surface area contributed by atoms with Crippen LogP contribution in [0.4, 0.5) is 0 Å². The van der Waals surface area contributed by atoms with E-state index in [-0.39, 0.29) is 12.0 Å². The van der Waals surface area contributed by atoms with Crippen molar-refractivity contribution in [2.24, 2.45) is 11.3 Å². The van der Waals surface area contributed by atoms with E-state index in [1.54, 1.807) is 13.8 Å². The minimum Gasteiger partial charge on any atom is -0.459 e. The summed E-state index contributed by atoms with van der Waals surface area (Å²) in [6.07, 6.45) is 0.0981. The third-order valence-electron chi connectivity index (χ3n) is 10.1. The average Bonchev–Trinajstić information content (AvgIpc) is 3.55. The fourth-order valence-electron chi connectivity index (χ4n) is 7.73. The van der Waals surface area contributed by atoms with E-state index >= 15 is 0 Å². The van der Waals surface area contributed by atoms with Crippen LogP contribution in [-0.4, -0.2) is 93.5 Å². The maximum absolute atomic E-state index is 13.3. The van der Waals surface area contributed by atoms with Crippen molar-refractivity contribution in [2.75, 3.05) is 0 Å². The lowest BCUT2D eigenvalue weighted by atomic mass is 9.55. The van der Waals surface area contributed by atoms with Gasteiger partial charge in [-0.1, -0.05) is 51.7 Å². The highest BCUT2D eigenvalue weighted by Crippen LogP contribution is 2.65. The van der Waals surface area contributed by atoms with Gasteiger partial charge in [-0.25, -0.2) is 4.79 Å². The summed E-state index contributed by atoms with van der Waals surface area (Å²) in [7, 11) is 0. The summed E-state index contributed by atoms with van der Waals surface area (Å²) in [6, 6.07) is 0. The number of fused-ring (bicyclic) bond motifs is 1. The Labute approximate surface area is 274 Å². The first-order valence-electron chi connectivity index (χ1n) is 16.3. The number of rotatable bonds is 10. The molecule has 13 nitrogen and oxygen atoms in total. The van der Waals surface area contributed by atoms with Crippen LogP contribution in [0.25, 0.3) is 0 Å². The van der Waals surface area contributed by atoms with Crippen molar-refractivity contribution in [2.45, 2.75) is 147 Å². The van der Waals surface area contributed by atoms with Gasteiger partial charge < -0.3 is 38.6 Å². The summed E-state index contributed by atoms with van der Waals surface area (Å²) in [5, 5.41) is 23.2. The van der Waals surface area contributed by atoms with Gasteiger partial charge in [-0.15, -0.1) is 0 Å². The van der Waals surface area contributed by atoms with Crippen LogP contribution >= 0.6 is 0 Å². The predicted molar refractivity (Wildman–Crippen MR) is 163 cm³/mol. The van der Waals surface area contributed by atoms with Gasteiger partial charge in [0, 0.05) is 38.5 Å². The molecule has 1 spiro atoms. The number of hydrogen-bond acceptors (Lipinski definition) is 13. The lowest BCUT2D eigenvalue weighted by molar-refractivity contribution is -0.230. The van der Waals surface area contributed by atoms with Crippen molar-refractivity contribution in [1.29, 1.82) is 0 Å². The number of aliphatic hydroxyl groups excluding tert-OH is 1. The minimum absolute atomic E-state index is 0.0667. The molecular weight excluding hydrogens is 616 g/mol. The number of carbonyl (C=O) groups excluding carboxylic acids is 5. The summed E-state index contributed by atoms with van der Waals surface area (Å²) >= 11 is 0. The molecule has 2 aliphatic heterocycles. The number of aliphatic hydroxyl groups is 2. The van der Waals surface area contributed by atoms with Crippen molar-refractivity contribution in [3.05, 3.63) is 23.8 Å². The topological polar surface area (TPSA) is 184 Å². The Morgan fingerprint density at radius 1 is 0.894 bits per heavy atom. The number of epoxide rings is 1. The minimum atomic E-state index is -2.12. The van der Waals surface area contributed by atoms with E-state index in [0.29, 0.717) is 6.42 Å². The summed E-state index contributed by atoms with van der Waals surface area (Å²) < 4.78 is 35.6. The molecule has 4 rings (SSSR count). The Morgan fingerprint density at radius 3 is 2.06 bits per heavy atom. The second-order valence-electron chi connectivity index (χ2n) is 13.7. The van der Waals surface area contributed by atoms with Crippen molar-refractivity contribution >= 4 is 29.8 Å². The fourth-order valence-corrected chi connectivity index (χ4v) is 7.73. The molecule has 2 N–H and O–H groups in total. The molecule has 0 bridgehead atoms. The van der Waals surface area contributed by atoms with E-state index in [1.165, 1.54) is 32.1 Å². The zero-order chi connectivity index (χ0) is 35.1. The maximum atomic E-state index is 13.3. The fraction of sp³-hybridized carbons (Fsp3) is 0.735. The number of hydrogen-bond donors (Lipinski definition) is 2. The van der Waals surface area contributed by atoms with E-state index in [2.05, 4.69) is 6.92 Å². The SMILES string of the molecule is CCCCCCCC(=O)O[C@H]1/C(C)=C\[C@@H]2OC(=O)[C@]3(C)O[C@]23[C@H](OC(C)=O)[C@H]2[C@](C)(O)[C@H](O)C=C[C@]2(C)[C@@H](OC(C)=O)[C@H]1OC(C)=O. The van der Waals surface area contributed by atoms with Gasteiger partial charge in [0.25, 0.3) is 0 Å². The number of carbonyl (C=O) groups is 5. The van der Waals surface area contributed by atoms with Crippen molar-refractivity contribution in [1.82, 2.24) is 0 Å². The van der Waals surface area contributed by atoms with Gasteiger partial charge >= 0.3 is 29.8 Å². The van der Waals surface area contributed by atoms with Crippen molar-refractivity contribution in [3.63, 3.8) is 0 Å². The second-order valence-corrected chi connectivity index (χ2v) is 13.7. The molecule has 0 amide bonds. The Morgan fingerprint density at radius 2 is 1.49 bits per heavy atom. The molecule has 0 aromatic carbocycles. The molecule has 4 aliphatic rings. The van der Waals surface area contributed by atoms with Gasteiger partial charge in [0.05, 0.1) is 5.60 Å². The molecule has 2 saturated heterocycles. The molecule has 0 saturated carbocycles. The first-order chi connectivity index (χ1) is 21.9. The van der Waals surface area contributed by atoms with Crippen LogP contribution in [-0.2, 0) is 52.4 Å². The number of ether oxygens (including phenoxy) is 6. The van der Waals surface area contributed by atoms with E-state index < -0.39 is 94.6 Å². The van der Waals surface area contributed by atoms with Crippen LogP contribution in [0.1, 0.15) is 93.9 Å². The van der Waals surface area contributed by atoms with Gasteiger partial charge in [-0.05, 0) is 38.8 Å². The van der Waals surface area contributed by atoms with Crippen LogP contribution in [0.3, 0.4) is 0 Å². The van der Waals surface area contributed by atoms with E-state index in [1.807, 2.05) is 0 Å². The van der Waals surface area contributed by atoms with Gasteiger partial charge in [-0.2, -0.15) is 0 Å². The average molecular weight is 665 g/mol. The highest BCUT2D eigenvalue weighted by molar-refractivity contribution is 5.89. The Kier molecular flexibility index (Phi) is 10.4. The maximum Gasteiger partial charge on any atom is 0.342 e. The molecule has 262 valence electrons. The van der Waals surface area contributed by atoms with Gasteiger partial charge in [0.1, 0.15) is 12.2 Å². The smallest absolute Gasteiger partial charge is 0.342 e. The molecular formula is C34H48O13. The van der Waals surface area contributed by atoms with Gasteiger partial charge in [-0.3, -0.25) is 19.2 Å². The zero-order valence-corrected chi connectivity index (χ0v) is 28.4. The number of esters is 5. The van der Waals surface area contributed by atoms with Gasteiger partial charge in [0.2, 0.25) is 0 Å². The van der Waals surface area contributed by atoms with E-state index in [9.17, 15) is 34.2 Å². The lowest BCUT2D eigenvalue weighted by Gasteiger charge is -2.55. The molecule has 0 radical (unpaired) electrons. The quantitative estimate of drug-likeness (QED) is 0.114. The molecule has 13 heteroatoms. The van der Waals surface area contributed by atoms with Crippen LogP contribution in [0, 0.1) is 11.3 Å². The first-order valence-corrected chi connectivity index (χ1v) is 16.3. The van der Waals surface area contributed by atoms with E-state index in [0.717, 1.165) is 46.5 Å². The normalized spacial score (nSPS) is 41.5. The highest BCUT2D eigenvalue weighted by atomic mass is 16.7. The van der Waals surface area contributed by atoms with Crippen LogP contribution in [0.15, 0.2) is 23.8 Å². The molecule has 0 aromatic rings. The highest BCUT2D eigenvalue weighted by Gasteiger charge is 2.88. The largest absolute Gasteiger partial charge is 0.459 e. The van der Waals surface area contributed by atoms with Crippen LogP contribution in [0.5, 0.6) is 0 Å². The molecule has 2 aliphatic carbocycles. The molecule has 2 fully saturated rings. The van der Waals surface area contributed by atoms with Crippen molar-refractivity contribution in [3.8, 4) is 0 Å². The van der Waals surface area contributed by atoms with Crippen molar-refractivity contribution < 1.29 is 62.6 Å². The van der Waals surface area contributed by atoms with Crippen LogP contribution in [0.2, 0.25) is 0 Å². The Balaban J connectivity index is 1.98. The third kappa shape index (κ3) is 6.46. The summed E-state index contributed by atoms with van der Waals surface area (Å²) in [5.41, 5.74) is -6.81. The Hall–Kier alpha value is -3.29. The predicted octanol–water partition coefficient (Wildman–Crippen LogP) is 2.77. The monoisotopic (exact) mass is 664 g/mol. The Bertz CT molecular complexity index is 1330. The molecule has 0 unspecified atom stereocenters. The molecule has 0 aromatic heterocycles. The standard InChI is InChI=1S/C34H48O13/c1-9-10-11-12-13-14-24(39)46-25-18(2)17-23-34(33(8,47-34)30(40)45-23)29(44-21(5)37)27-31(6,16-15-22(38)32(27,7)41)28(43-20(4)36)26(25)42-19(3)35/h15-17,22-23,25-29,38,41H,9-14H2,1-8H3/b18-17-/t22-,23+,25+,26+,27-,28+,29-,31+,32-,33+,34+/m1/s1. The van der Waals surface area contributed by atoms with E-state index in [4.69, 9.17) is 28.4 Å². The first kappa shape index (κ1) is 36.5. The lowest BCUT2D eigenvalue weighted by Crippen LogP contribution is -2.69. The third-order valence-corrected chi connectivity index (χ3v) is 10.1. The molecule has 11 atom stereocenters. The molecule has 47 heavy (non-hydrogen) atoms. The summed E-state index contributed by atoms with van der Waals surface area (Å²) in [5.74, 6) is -5.11. The summed E-state index contributed by atoms with van der Waals surface area (Å²) in [4.78, 5) is 64.8. The zero-order valence-electron chi connectivity index (χ0n) is 28.4. The number of unbranched alkanes of at least 4 members (excludes halogenated alkanes) is 4. The second kappa shape index (κ2) is 13.3.